The maximum Gasteiger partial charge on any atom is 0.255 e. The fourth-order valence-electron chi connectivity index (χ4n) is 2.41. The summed E-state index contributed by atoms with van der Waals surface area (Å²) in [5.41, 5.74) is 2.09. The SMILES string of the molecule is CN(C)C(=O)c1cccc(C(=O)Nc2cnn(-c3ccccc3Cl)c2)c1. The molecule has 0 radical (unpaired) electrons. The number of rotatable bonds is 4. The molecule has 1 N–H and O–H groups in total. The summed E-state index contributed by atoms with van der Waals surface area (Å²) in [6, 6.07) is 13.9. The molecule has 132 valence electrons. The number of aromatic nitrogens is 2. The average Bonchev–Trinajstić information content (AvgIpc) is 3.09. The number of amides is 2. The second-order valence-corrected chi connectivity index (χ2v) is 6.27. The fraction of sp³-hybridized carbons (Fsp3) is 0.105. The maximum atomic E-state index is 12.5. The van der Waals surface area contributed by atoms with Crippen molar-refractivity contribution in [1.82, 2.24) is 14.7 Å². The van der Waals surface area contributed by atoms with E-state index in [9.17, 15) is 9.59 Å². The van der Waals surface area contributed by atoms with Crippen LogP contribution >= 0.6 is 11.6 Å². The summed E-state index contributed by atoms with van der Waals surface area (Å²) < 4.78 is 1.59. The van der Waals surface area contributed by atoms with Crippen LogP contribution in [0.4, 0.5) is 5.69 Å². The van der Waals surface area contributed by atoms with E-state index >= 15 is 0 Å². The first-order valence-corrected chi connectivity index (χ1v) is 8.26. The average molecular weight is 369 g/mol. The van der Waals surface area contributed by atoms with E-state index in [-0.39, 0.29) is 11.8 Å². The molecule has 0 saturated heterocycles. The summed E-state index contributed by atoms with van der Waals surface area (Å²) in [6.45, 7) is 0. The van der Waals surface area contributed by atoms with Crippen molar-refractivity contribution in [3.8, 4) is 5.69 Å². The van der Waals surface area contributed by atoms with Crippen LogP contribution in [0.1, 0.15) is 20.7 Å². The monoisotopic (exact) mass is 368 g/mol. The highest BCUT2D eigenvalue weighted by Crippen LogP contribution is 2.20. The standard InChI is InChI=1S/C19H17ClN4O2/c1-23(2)19(26)14-7-5-6-13(10-14)18(25)22-15-11-21-24(12-15)17-9-4-3-8-16(17)20/h3-12H,1-2H3,(H,22,25). The van der Waals surface area contributed by atoms with Gasteiger partial charge in [-0.15, -0.1) is 0 Å². The van der Waals surface area contributed by atoms with Gasteiger partial charge in [0, 0.05) is 25.2 Å². The quantitative estimate of drug-likeness (QED) is 0.766. The van der Waals surface area contributed by atoms with E-state index in [2.05, 4.69) is 10.4 Å². The number of hydrogen-bond acceptors (Lipinski definition) is 3. The summed E-state index contributed by atoms with van der Waals surface area (Å²) in [5.74, 6) is -0.483. The van der Waals surface area contributed by atoms with Gasteiger partial charge in [-0.1, -0.05) is 29.8 Å². The molecule has 0 aliphatic carbocycles. The Morgan fingerprint density at radius 3 is 2.54 bits per heavy atom. The highest BCUT2D eigenvalue weighted by Gasteiger charge is 2.13. The van der Waals surface area contributed by atoms with E-state index in [1.807, 2.05) is 18.2 Å². The molecule has 0 atom stereocenters. The zero-order valence-corrected chi connectivity index (χ0v) is 15.1. The number of carbonyl (C=O) groups excluding carboxylic acids is 2. The molecule has 0 bridgehead atoms. The van der Waals surface area contributed by atoms with Crippen LogP contribution in [0.3, 0.4) is 0 Å². The molecular formula is C19H17ClN4O2. The summed E-state index contributed by atoms with van der Waals surface area (Å²) in [4.78, 5) is 26.0. The van der Waals surface area contributed by atoms with Crippen molar-refractivity contribution >= 4 is 29.1 Å². The highest BCUT2D eigenvalue weighted by molar-refractivity contribution is 6.32. The zero-order chi connectivity index (χ0) is 18.7. The predicted octanol–water partition coefficient (Wildman–Crippen LogP) is 3.48. The summed E-state index contributed by atoms with van der Waals surface area (Å²) >= 11 is 6.16. The van der Waals surface area contributed by atoms with Crippen molar-refractivity contribution in [2.45, 2.75) is 0 Å². The van der Waals surface area contributed by atoms with Crippen molar-refractivity contribution in [2.24, 2.45) is 0 Å². The Bertz CT molecular complexity index is 965. The third-order valence-corrected chi connectivity index (χ3v) is 4.04. The van der Waals surface area contributed by atoms with Gasteiger partial charge in [-0.05, 0) is 30.3 Å². The number of para-hydroxylation sites is 1. The topological polar surface area (TPSA) is 67.2 Å². The van der Waals surface area contributed by atoms with Gasteiger partial charge in [0.25, 0.3) is 11.8 Å². The first-order chi connectivity index (χ1) is 12.5. The van der Waals surface area contributed by atoms with E-state index in [1.54, 1.807) is 55.3 Å². The van der Waals surface area contributed by atoms with Gasteiger partial charge in [0.1, 0.15) is 0 Å². The van der Waals surface area contributed by atoms with Crippen LogP contribution in [0, 0.1) is 0 Å². The number of halogens is 1. The number of benzene rings is 2. The molecule has 2 amide bonds. The fourth-order valence-corrected chi connectivity index (χ4v) is 2.63. The van der Waals surface area contributed by atoms with Gasteiger partial charge in [-0.3, -0.25) is 9.59 Å². The van der Waals surface area contributed by atoms with E-state index in [1.165, 1.54) is 11.1 Å². The minimum atomic E-state index is -0.322. The lowest BCUT2D eigenvalue weighted by Gasteiger charge is -2.11. The molecule has 0 spiro atoms. The third-order valence-electron chi connectivity index (χ3n) is 3.72. The van der Waals surface area contributed by atoms with Gasteiger partial charge < -0.3 is 10.2 Å². The van der Waals surface area contributed by atoms with Crippen LogP contribution in [-0.2, 0) is 0 Å². The van der Waals surface area contributed by atoms with Gasteiger partial charge in [0.2, 0.25) is 0 Å². The van der Waals surface area contributed by atoms with E-state index < -0.39 is 0 Å². The Balaban J connectivity index is 1.78. The lowest BCUT2D eigenvalue weighted by Crippen LogP contribution is -2.22. The van der Waals surface area contributed by atoms with Gasteiger partial charge in [-0.25, -0.2) is 4.68 Å². The van der Waals surface area contributed by atoms with Crippen LogP contribution in [0.15, 0.2) is 60.9 Å². The van der Waals surface area contributed by atoms with E-state index in [0.29, 0.717) is 27.5 Å². The molecule has 3 rings (SSSR count). The molecule has 0 unspecified atom stereocenters. The number of nitrogens with zero attached hydrogens (tertiary/aromatic N) is 3. The van der Waals surface area contributed by atoms with Gasteiger partial charge in [-0.2, -0.15) is 5.10 Å². The Labute approximate surface area is 156 Å². The van der Waals surface area contributed by atoms with Crippen molar-refractivity contribution in [1.29, 1.82) is 0 Å². The summed E-state index contributed by atoms with van der Waals surface area (Å²) in [5, 5.41) is 7.55. The minimum Gasteiger partial charge on any atom is -0.345 e. The third kappa shape index (κ3) is 3.75. The van der Waals surface area contributed by atoms with Crippen molar-refractivity contribution in [3.63, 3.8) is 0 Å². The molecule has 7 heteroatoms. The molecule has 2 aromatic carbocycles. The Morgan fingerprint density at radius 1 is 1.08 bits per heavy atom. The molecule has 1 aromatic heterocycles. The van der Waals surface area contributed by atoms with Crippen molar-refractivity contribution < 1.29 is 9.59 Å². The minimum absolute atomic E-state index is 0.161. The van der Waals surface area contributed by atoms with Crippen LogP contribution in [0.25, 0.3) is 5.69 Å². The molecule has 3 aromatic rings. The second kappa shape index (κ2) is 7.41. The predicted molar refractivity (Wildman–Crippen MR) is 101 cm³/mol. The van der Waals surface area contributed by atoms with Gasteiger partial charge in [0.15, 0.2) is 0 Å². The summed E-state index contributed by atoms with van der Waals surface area (Å²) in [7, 11) is 3.33. The number of nitrogens with one attached hydrogen (secondary N) is 1. The lowest BCUT2D eigenvalue weighted by molar-refractivity contribution is 0.0827. The lowest BCUT2D eigenvalue weighted by atomic mass is 10.1. The normalized spacial score (nSPS) is 10.4. The van der Waals surface area contributed by atoms with Crippen molar-refractivity contribution in [3.05, 3.63) is 77.1 Å². The Hall–Kier alpha value is -3.12. The Kier molecular flexibility index (Phi) is 5.04. The molecule has 6 nitrogen and oxygen atoms in total. The van der Waals surface area contributed by atoms with Crippen LogP contribution in [-0.4, -0.2) is 40.6 Å². The molecule has 0 fully saturated rings. The van der Waals surface area contributed by atoms with E-state index in [4.69, 9.17) is 11.6 Å². The smallest absolute Gasteiger partial charge is 0.255 e. The zero-order valence-electron chi connectivity index (χ0n) is 14.3. The van der Waals surface area contributed by atoms with Gasteiger partial charge in [0.05, 0.1) is 28.8 Å². The largest absolute Gasteiger partial charge is 0.345 e. The molecule has 0 aliphatic heterocycles. The van der Waals surface area contributed by atoms with Crippen LogP contribution < -0.4 is 5.32 Å². The number of anilines is 1. The Morgan fingerprint density at radius 2 is 1.81 bits per heavy atom. The first kappa shape index (κ1) is 17.7. The summed E-state index contributed by atoms with van der Waals surface area (Å²) in [6.07, 6.45) is 3.21. The maximum absolute atomic E-state index is 12.5. The first-order valence-electron chi connectivity index (χ1n) is 7.88. The van der Waals surface area contributed by atoms with Crippen LogP contribution in [0.2, 0.25) is 5.02 Å². The van der Waals surface area contributed by atoms with Crippen LogP contribution in [0.5, 0.6) is 0 Å². The highest BCUT2D eigenvalue weighted by atomic mass is 35.5. The molecule has 26 heavy (non-hydrogen) atoms. The van der Waals surface area contributed by atoms with E-state index in [0.717, 1.165) is 0 Å². The molecular weight excluding hydrogens is 352 g/mol. The second-order valence-electron chi connectivity index (χ2n) is 5.86. The molecule has 1 heterocycles. The van der Waals surface area contributed by atoms with Gasteiger partial charge >= 0.3 is 0 Å². The van der Waals surface area contributed by atoms with Crippen molar-refractivity contribution in [2.75, 3.05) is 19.4 Å². The molecule has 0 aliphatic rings. The number of carbonyl (C=O) groups is 2. The molecule has 0 saturated carbocycles. The number of hydrogen-bond donors (Lipinski definition) is 1.